The highest BCUT2D eigenvalue weighted by Gasteiger charge is 2.29. The monoisotopic (exact) mass is 410 g/mol. The summed E-state index contributed by atoms with van der Waals surface area (Å²) in [6, 6.07) is 28.5. The van der Waals surface area contributed by atoms with Gasteiger partial charge in [-0.3, -0.25) is 9.59 Å². The molecule has 0 bridgehead atoms. The van der Waals surface area contributed by atoms with E-state index in [0.29, 0.717) is 19.4 Å². The molecule has 3 aromatic rings. The molecule has 0 saturated heterocycles. The van der Waals surface area contributed by atoms with Crippen LogP contribution in [-0.4, -0.2) is 22.8 Å². The Morgan fingerprint density at radius 1 is 0.806 bits per heavy atom. The summed E-state index contributed by atoms with van der Waals surface area (Å²) in [5.74, 6) is 1.50. The van der Waals surface area contributed by atoms with Crippen LogP contribution >= 0.6 is 0 Å². The standard InChI is InChI=1S/C27H26N2O2/c1-2-26(30)29(21-24-16-10-5-11-17-24)25(19-18-22-12-6-3-7-13-22)27(31)28-20-23-14-8-4-9-15-23/h1,3-17,25H,18-21H2,(H,28,31). The number of carbonyl (C=O) groups is 2. The first-order valence-corrected chi connectivity index (χ1v) is 10.3. The van der Waals surface area contributed by atoms with E-state index < -0.39 is 11.9 Å². The van der Waals surface area contributed by atoms with Gasteiger partial charge in [-0.25, -0.2) is 0 Å². The summed E-state index contributed by atoms with van der Waals surface area (Å²) in [5.41, 5.74) is 3.03. The van der Waals surface area contributed by atoms with Crippen molar-refractivity contribution in [2.24, 2.45) is 0 Å². The summed E-state index contributed by atoms with van der Waals surface area (Å²) in [6.07, 6.45) is 6.60. The van der Waals surface area contributed by atoms with Crippen molar-refractivity contribution in [3.05, 3.63) is 108 Å². The van der Waals surface area contributed by atoms with E-state index in [4.69, 9.17) is 6.42 Å². The average Bonchev–Trinajstić information content (AvgIpc) is 2.83. The van der Waals surface area contributed by atoms with E-state index in [9.17, 15) is 9.59 Å². The first kappa shape index (κ1) is 21.9. The van der Waals surface area contributed by atoms with Crippen molar-refractivity contribution in [3.8, 4) is 12.3 Å². The highest BCUT2D eigenvalue weighted by Crippen LogP contribution is 2.15. The van der Waals surface area contributed by atoms with E-state index >= 15 is 0 Å². The van der Waals surface area contributed by atoms with Gasteiger partial charge >= 0.3 is 0 Å². The molecule has 0 fully saturated rings. The van der Waals surface area contributed by atoms with E-state index in [1.807, 2.05) is 91.0 Å². The number of aryl methyl sites for hydroxylation is 1. The fourth-order valence-electron chi connectivity index (χ4n) is 3.47. The van der Waals surface area contributed by atoms with Crippen molar-refractivity contribution in [2.75, 3.05) is 0 Å². The largest absolute Gasteiger partial charge is 0.350 e. The molecule has 0 spiro atoms. The first-order valence-electron chi connectivity index (χ1n) is 10.3. The summed E-state index contributed by atoms with van der Waals surface area (Å²) in [6.45, 7) is 0.674. The Morgan fingerprint density at radius 3 is 1.87 bits per heavy atom. The summed E-state index contributed by atoms with van der Waals surface area (Å²) >= 11 is 0. The van der Waals surface area contributed by atoms with Crippen LogP contribution < -0.4 is 5.32 Å². The first-order chi connectivity index (χ1) is 15.2. The Bertz CT molecular complexity index is 1010. The molecule has 2 amide bonds. The predicted molar refractivity (Wildman–Crippen MR) is 123 cm³/mol. The molecule has 0 aliphatic rings. The van der Waals surface area contributed by atoms with Crippen LogP contribution in [0.25, 0.3) is 0 Å². The van der Waals surface area contributed by atoms with Gasteiger partial charge in [-0.1, -0.05) is 91.0 Å². The maximum atomic E-state index is 13.2. The van der Waals surface area contributed by atoms with Gasteiger partial charge in [-0.15, -0.1) is 6.42 Å². The van der Waals surface area contributed by atoms with Gasteiger partial charge in [0, 0.05) is 13.1 Å². The minimum atomic E-state index is -0.673. The van der Waals surface area contributed by atoms with Crippen molar-refractivity contribution in [1.29, 1.82) is 0 Å². The molecule has 1 N–H and O–H groups in total. The Morgan fingerprint density at radius 2 is 1.32 bits per heavy atom. The maximum absolute atomic E-state index is 13.2. The lowest BCUT2D eigenvalue weighted by molar-refractivity contribution is -0.137. The third kappa shape index (κ3) is 6.58. The van der Waals surface area contributed by atoms with Crippen LogP contribution in [0.1, 0.15) is 23.1 Å². The Labute approximate surface area is 183 Å². The maximum Gasteiger partial charge on any atom is 0.299 e. The van der Waals surface area contributed by atoms with E-state index in [2.05, 4.69) is 11.2 Å². The zero-order chi connectivity index (χ0) is 21.9. The average molecular weight is 411 g/mol. The van der Waals surface area contributed by atoms with Crippen molar-refractivity contribution >= 4 is 11.8 Å². The third-order valence-electron chi connectivity index (χ3n) is 5.12. The number of rotatable bonds is 9. The summed E-state index contributed by atoms with van der Waals surface area (Å²) in [5, 5.41) is 2.98. The number of nitrogens with zero attached hydrogens (tertiary/aromatic N) is 1. The zero-order valence-electron chi connectivity index (χ0n) is 17.4. The van der Waals surface area contributed by atoms with Crippen LogP contribution in [-0.2, 0) is 29.1 Å². The van der Waals surface area contributed by atoms with Crippen LogP contribution in [0.3, 0.4) is 0 Å². The smallest absolute Gasteiger partial charge is 0.299 e. The molecule has 31 heavy (non-hydrogen) atoms. The number of amides is 2. The Hall–Kier alpha value is -3.84. The summed E-state index contributed by atoms with van der Waals surface area (Å²) in [4.78, 5) is 27.4. The third-order valence-corrected chi connectivity index (χ3v) is 5.12. The lowest BCUT2D eigenvalue weighted by Crippen LogP contribution is -2.49. The topological polar surface area (TPSA) is 49.4 Å². The van der Waals surface area contributed by atoms with Gasteiger partial charge in [-0.2, -0.15) is 0 Å². The molecule has 0 saturated carbocycles. The fourth-order valence-corrected chi connectivity index (χ4v) is 3.47. The quantitative estimate of drug-likeness (QED) is 0.543. The van der Waals surface area contributed by atoms with Crippen molar-refractivity contribution < 1.29 is 9.59 Å². The lowest BCUT2D eigenvalue weighted by atomic mass is 10.0. The second-order valence-electron chi connectivity index (χ2n) is 7.31. The van der Waals surface area contributed by atoms with Crippen LogP contribution in [0.2, 0.25) is 0 Å². The predicted octanol–water partition coefficient (Wildman–Crippen LogP) is 3.97. The number of hydrogen-bond acceptors (Lipinski definition) is 2. The molecular weight excluding hydrogens is 384 g/mol. The van der Waals surface area contributed by atoms with Gasteiger partial charge in [0.05, 0.1) is 0 Å². The summed E-state index contributed by atoms with van der Waals surface area (Å²) < 4.78 is 0. The summed E-state index contributed by atoms with van der Waals surface area (Å²) in [7, 11) is 0. The van der Waals surface area contributed by atoms with Crippen LogP contribution in [0.5, 0.6) is 0 Å². The highest BCUT2D eigenvalue weighted by molar-refractivity contribution is 5.96. The Balaban J connectivity index is 1.81. The molecule has 4 nitrogen and oxygen atoms in total. The van der Waals surface area contributed by atoms with E-state index in [0.717, 1.165) is 16.7 Å². The number of benzene rings is 3. The molecule has 0 heterocycles. The zero-order valence-corrected chi connectivity index (χ0v) is 17.4. The highest BCUT2D eigenvalue weighted by atomic mass is 16.2. The molecule has 156 valence electrons. The second kappa shape index (κ2) is 11.4. The van der Waals surface area contributed by atoms with E-state index in [1.54, 1.807) is 0 Å². The molecule has 0 radical (unpaired) electrons. The Kier molecular flexibility index (Phi) is 8.02. The van der Waals surface area contributed by atoms with Crippen LogP contribution in [0.15, 0.2) is 91.0 Å². The SMILES string of the molecule is C#CC(=O)N(Cc1ccccc1)C(CCc1ccccc1)C(=O)NCc1ccccc1. The number of nitrogens with one attached hydrogen (secondary N) is 1. The minimum Gasteiger partial charge on any atom is -0.350 e. The van der Waals surface area contributed by atoms with Crippen molar-refractivity contribution in [3.63, 3.8) is 0 Å². The molecule has 0 aliphatic carbocycles. The van der Waals surface area contributed by atoms with Crippen LogP contribution in [0.4, 0.5) is 0 Å². The molecule has 0 aliphatic heterocycles. The molecule has 3 aromatic carbocycles. The van der Waals surface area contributed by atoms with Gasteiger partial charge in [0.2, 0.25) is 5.91 Å². The number of terminal acetylenes is 1. The second-order valence-corrected chi connectivity index (χ2v) is 7.31. The van der Waals surface area contributed by atoms with Crippen molar-refractivity contribution in [1.82, 2.24) is 10.2 Å². The van der Waals surface area contributed by atoms with Crippen LogP contribution in [0, 0.1) is 12.3 Å². The molecule has 1 atom stereocenters. The normalized spacial score (nSPS) is 11.2. The van der Waals surface area contributed by atoms with Gasteiger partial charge in [0.25, 0.3) is 5.91 Å². The van der Waals surface area contributed by atoms with E-state index in [1.165, 1.54) is 4.90 Å². The molecule has 3 rings (SSSR count). The fraction of sp³-hybridized carbons (Fsp3) is 0.185. The van der Waals surface area contributed by atoms with E-state index in [-0.39, 0.29) is 12.5 Å². The number of carbonyl (C=O) groups excluding carboxylic acids is 2. The molecule has 1 unspecified atom stereocenters. The lowest BCUT2D eigenvalue weighted by Gasteiger charge is -2.30. The molecular formula is C27H26N2O2. The molecule has 0 aromatic heterocycles. The number of hydrogen-bond donors (Lipinski definition) is 1. The van der Waals surface area contributed by atoms with Gasteiger partial charge in [-0.05, 0) is 35.5 Å². The van der Waals surface area contributed by atoms with Gasteiger partial charge in [0.1, 0.15) is 6.04 Å². The van der Waals surface area contributed by atoms with Crippen molar-refractivity contribution in [2.45, 2.75) is 32.0 Å². The molecule has 4 heteroatoms. The van der Waals surface area contributed by atoms with Gasteiger partial charge < -0.3 is 10.2 Å². The van der Waals surface area contributed by atoms with Gasteiger partial charge in [0.15, 0.2) is 0 Å². The minimum absolute atomic E-state index is 0.209.